The maximum absolute atomic E-state index is 13.3. The lowest BCUT2D eigenvalue weighted by atomic mass is 9.95. The van der Waals surface area contributed by atoms with Crippen molar-refractivity contribution < 1.29 is 34.1 Å². The van der Waals surface area contributed by atoms with Crippen LogP contribution in [0.25, 0.3) is 0 Å². The lowest BCUT2D eigenvalue weighted by Gasteiger charge is -2.25. The smallest absolute Gasteiger partial charge is 0.339 e. The standard InChI is InChI=1S/C54H104O7/c1-4-7-10-13-16-19-22-25-28-31-34-37-40-43-46-50(45-42-39-36-33-30-27-24-21-18-15-12-9-6-3)61-52(57)49-54(59,48-51(55)56)53(58)60-47-44-41-38-35-32-29-26-23-20-17-14-11-8-5-2/h50,59H,4-49H2,1-3H3,(H,55,56). The molecular formula is C54H104O7. The van der Waals surface area contributed by atoms with Crippen LogP contribution in [0.2, 0.25) is 0 Å². The lowest BCUT2D eigenvalue weighted by molar-refractivity contribution is -0.178. The Morgan fingerprint density at radius 2 is 0.656 bits per heavy atom. The van der Waals surface area contributed by atoms with Gasteiger partial charge in [0.2, 0.25) is 0 Å². The van der Waals surface area contributed by atoms with Gasteiger partial charge < -0.3 is 19.7 Å². The van der Waals surface area contributed by atoms with Gasteiger partial charge in [-0.05, 0) is 32.1 Å². The second-order valence-corrected chi connectivity index (χ2v) is 19.0. The van der Waals surface area contributed by atoms with Gasteiger partial charge in [0.05, 0.1) is 19.4 Å². The molecule has 0 aromatic heterocycles. The van der Waals surface area contributed by atoms with Crippen LogP contribution in [-0.2, 0) is 23.9 Å². The normalized spacial score (nSPS) is 13.0. The van der Waals surface area contributed by atoms with Crippen LogP contribution in [0.3, 0.4) is 0 Å². The van der Waals surface area contributed by atoms with E-state index in [1.807, 2.05) is 0 Å². The van der Waals surface area contributed by atoms with Crippen LogP contribution in [-0.4, -0.2) is 46.4 Å². The van der Waals surface area contributed by atoms with Gasteiger partial charge in [-0.1, -0.05) is 265 Å². The van der Waals surface area contributed by atoms with Crippen LogP contribution in [0.15, 0.2) is 0 Å². The van der Waals surface area contributed by atoms with Gasteiger partial charge in [0, 0.05) is 0 Å². The van der Waals surface area contributed by atoms with Crippen molar-refractivity contribution in [2.45, 2.75) is 321 Å². The molecule has 0 fully saturated rings. The Balaban J connectivity index is 4.69. The summed E-state index contributed by atoms with van der Waals surface area (Å²) in [6, 6.07) is 0. The predicted molar refractivity (Wildman–Crippen MR) is 258 cm³/mol. The summed E-state index contributed by atoms with van der Waals surface area (Å²) in [5, 5.41) is 20.8. The molecule has 0 spiro atoms. The third-order valence-electron chi connectivity index (χ3n) is 12.8. The highest BCUT2D eigenvalue weighted by molar-refractivity contribution is 5.89. The van der Waals surface area contributed by atoms with Gasteiger partial charge in [-0.2, -0.15) is 0 Å². The highest BCUT2D eigenvalue weighted by Gasteiger charge is 2.43. The largest absolute Gasteiger partial charge is 0.481 e. The van der Waals surface area contributed by atoms with Crippen LogP contribution in [0.1, 0.15) is 310 Å². The van der Waals surface area contributed by atoms with Crippen LogP contribution < -0.4 is 0 Å². The summed E-state index contributed by atoms with van der Waals surface area (Å²) in [5.41, 5.74) is -2.44. The zero-order valence-electron chi connectivity index (χ0n) is 41.0. The summed E-state index contributed by atoms with van der Waals surface area (Å²) in [7, 11) is 0. The van der Waals surface area contributed by atoms with E-state index < -0.39 is 36.4 Å². The van der Waals surface area contributed by atoms with E-state index in [0.29, 0.717) is 6.42 Å². The minimum absolute atomic E-state index is 0.106. The Labute approximate surface area is 378 Å². The number of carboxylic acids is 1. The first-order valence-corrected chi connectivity index (χ1v) is 27.1. The van der Waals surface area contributed by atoms with E-state index in [1.54, 1.807) is 0 Å². The third-order valence-corrected chi connectivity index (χ3v) is 12.8. The van der Waals surface area contributed by atoms with Crippen molar-refractivity contribution in [3.05, 3.63) is 0 Å². The molecule has 0 radical (unpaired) electrons. The quantitative estimate of drug-likeness (QED) is 0.0463. The second kappa shape index (κ2) is 46.4. The summed E-state index contributed by atoms with van der Waals surface area (Å²) < 4.78 is 11.3. The molecule has 0 aromatic rings. The molecule has 0 amide bonds. The Morgan fingerprint density at radius 1 is 0.393 bits per heavy atom. The maximum atomic E-state index is 13.3. The molecule has 0 saturated carbocycles. The maximum Gasteiger partial charge on any atom is 0.339 e. The first-order valence-electron chi connectivity index (χ1n) is 27.1. The summed E-state index contributed by atoms with van der Waals surface area (Å²) in [6.45, 7) is 6.89. The Morgan fingerprint density at radius 3 is 0.934 bits per heavy atom. The number of carboxylic acid groups (broad SMARTS) is 1. The number of hydrogen-bond acceptors (Lipinski definition) is 6. The van der Waals surface area contributed by atoms with Crippen molar-refractivity contribution in [1.82, 2.24) is 0 Å². The van der Waals surface area contributed by atoms with E-state index in [1.165, 1.54) is 212 Å². The fraction of sp³-hybridized carbons (Fsp3) is 0.944. The van der Waals surface area contributed by atoms with E-state index in [0.717, 1.165) is 57.8 Å². The average Bonchev–Trinajstić information content (AvgIpc) is 3.23. The SMILES string of the molecule is CCCCCCCCCCCCCCCCOC(=O)C(O)(CC(=O)O)CC(=O)OC(CCCCCCCCCCCCCCC)CCCCCCCCCCCCCCCC. The minimum atomic E-state index is -2.44. The lowest BCUT2D eigenvalue weighted by Crippen LogP contribution is -2.45. The Hall–Kier alpha value is -1.63. The molecule has 0 heterocycles. The topological polar surface area (TPSA) is 110 Å². The third kappa shape index (κ3) is 42.1. The van der Waals surface area contributed by atoms with Crippen molar-refractivity contribution in [3.8, 4) is 0 Å². The first-order chi connectivity index (χ1) is 29.8. The summed E-state index contributed by atoms with van der Waals surface area (Å²) in [6.07, 6.45) is 51.1. The fourth-order valence-electron chi connectivity index (χ4n) is 8.74. The Bertz CT molecular complexity index is 954. The number of ether oxygens (including phenoxy) is 2. The van der Waals surface area contributed by atoms with Crippen LogP contribution >= 0.6 is 0 Å². The molecule has 61 heavy (non-hydrogen) atoms. The number of hydrogen-bond donors (Lipinski definition) is 2. The molecule has 0 bridgehead atoms. The van der Waals surface area contributed by atoms with Gasteiger partial charge in [0.1, 0.15) is 6.10 Å². The van der Waals surface area contributed by atoms with Crippen molar-refractivity contribution in [2.24, 2.45) is 0 Å². The number of carbonyl (C=O) groups is 3. The van der Waals surface area contributed by atoms with Crippen molar-refractivity contribution >= 4 is 17.9 Å². The molecule has 7 heteroatoms. The van der Waals surface area contributed by atoms with Crippen LogP contribution in [0.4, 0.5) is 0 Å². The number of aliphatic hydroxyl groups is 1. The van der Waals surface area contributed by atoms with Crippen LogP contribution in [0, 0.1) is 0 Å². The van der Waals surface area contributed by atoms with Gasteiger partial charge in [-0.25, -0.2) is 4.79 Å². The fourth-order valence-corrected chi connectivity index (χ4v) is 8.74. The number of carbonyl (C=O) groups excluding carboxylic acids is 2. The molecule has 0 aliphatic rings. The summed E-state index contributed by atoms with van der Waals surface area (Å²) >= 11 is 0. The summed E-state index contributed by atoms with van der Waals surface area (Å²) in [5.74, 6) is -3.11. The molecule has 0 aromatic carbocycles. The van der Waals surface area contributed by atoms with Crippen LogP contribution in [0.5, 0.6) is 0 Å². The molecule has 362 valence electrons. The molecule has 0 rings (SSSR count). The first kappa shape index (κ1) is 59.4. The van der Waals surface area contributed by atoms with E-state index in [-0.39, 0.29) is 12.7 Å². The highest BCUT2D eigenvalue weighted by Crippen LogP contribution is 2.24. The van der Waals surface area contributed by atoms with E-state index in [2.05, 4.69) is 20.8 Å². The molecule has 2 N–H and O–H groups in total. The molecule has 0 aliphatic heterocycles. The van der Waals surface area contributed by atoms with E-state index in [4.69, 9.17) is 9.47 Å². The van der Waals surface area contributed by atoms with Gasteiger partial charge in [-0.3, -0.25) is 9.59 Å². The van der Waals surface area contributed by atoms with Gasteiger partial charge in [0.15, 0.2) is 5.60 Å². The number of unbranched alkanes of at least 4 members (excludes halogenated alkanes) is 38. The van der Waals surface area contributed by atoms with Gasteiger partial charge >= 0.3 is 17.9 Å². The predicted octanol–water partition coefficient (Wildman–Crippen LogP) is 16.9. The molecule has 2 atom stereocenters. The van der Waals surface area contributed by atoms with Crippen molar-refractivity contribution in [2.75, 3.05) is 6.61 Å². The minimum Gasteiger partial charge on any atom is -0.481 e. The molecule has 7 nitrogen and oxygen atoms in total. The zero-order valence-corrected chi connectivity index (χ0v) is 41.0. The number of rotatable bonds is 50. The highest BCUT2D eigenvalue weighted by atomic mass is 16.6. The summed E-state index contributed by atoms with van der Waals surface area (Å²) in [4.78, 5) is 38.0. The molecule has 2 unspecified atom stereocenters. The van der Waals surface area contributed by atoms with Crippen molar-refractivity contribution in [1.29, 1.82) is 0 Å². The van der Waals surface area contributed by atoms with Crippen molar-refractivity contribution in [3.63, 3.8) is 0 Å². The van der Waals surface area contributed by atoms with Gasteiger partial charge in [0.25, 0.3) is 0 Å². The van der Waals surface area contributed by atoms with E-state index >= 15 is 0 Å². The molecule has 0 aliphatic carbocycles. The monoisotopic (exact) mass is 865 g/mol. The molecule has 0 saturated heterocycles. The van der Waals surface area contributed by atoms with E-state index in [9.17, 15) is 24.6 Å². The Kier molecular flexibility index (Phi) is 45.1. The zero-order chi connectivity index (χ0) is 44.8. The second-order valence-electron chi connectivity index (χ2n) is 19.0. The molecular weight excluding hydrogens is 761 g/mol. The van der Waals surface area contributed by atoms with Gasteiger partial charge in [-0.15, -0.1) is 0 Å². The number of aliphatic carboxylic acids is 1. The average molecular weight is 865 g/mol. The number of esters is 2.